The maximum absolute atomic E-state index is 12.1. The number of ether oxygens (including phenoxy) is 1. The van der Waals surface area contributed by atoms with Gasteiger partial charge < -0.3 is 9.72 Å². The number of H-pyrrole nitrogens is 1. The molecule has 0 spiro atoms. The summed E-state index contributed by atoms with van der Waals surface area (Å²) in [4.78, 5) is 15.5. The van der Waals surface area contributed by atoms with E-state index in [0.717, 1.165) is 40.9 Å². The molecule has 0 saturated carbocycles. The molecule has 104 valence electrons. The number of benzene rings is 1. The van der Waals surface area contributed by atoms with Crippen LogP contribution in [0.5, 0.6) is 0 Å². The second kappa shape index (κ2) is 5.33. The summed E-state index contributed by atoms with van der Waals surface area (Å²) in [6.07, 6.45) is 4.37. The summed E-state index contributed by atoms with van der Waals surface area (Å²) in [6.45, 7) is 3.83. The van der Waals surface area contributed by atoms with E-state index < -0.39 is 0 Å². The number of halogens is 1. The Morgan fingerprint density at radius 3 is 3.20 bits per heavy atom. The molecule has 1 aliphatic carbocycles. The van der Waals surface area contributed by atoms with Gasteiger partial charge in [-0.3, -0.25) is 4.79 Å². The van der Waals surface area contributed by atoms with E-state index in [-0.39, 0.29) is 18.5 Å². The zero-order valence-corrected chi connectivity index (χ0v) is 11.9. The van der Waals surface area contributed by atoms with Gasteiger partial charge in [-0.05, 0) is 43.0 Å². The molecule has 0 amide bonds. The molecule has 1 aromatic carbocycles. The first-order valence-corrected chi connectivity index (χ1v) is 7.16. The number of nitrogens with one attached hydrogen (secondary N) is 1. The minimum atomic E-state index is -0.204. The molecule has 4 heteroatoms. The topological polar surface area (TPSA) is 42.1 Å². The second-order valence-corrected chi connectivity index (χ2v) is 5.51. The van der Waals surface area contributed by atoms with Crippen LogP contribution >= 0.6 is 11.6 Å². The van der Waals surface area contributed by atoms with Crippen LogP contribution in [0.4, 0.5) is 0 Å². The Kier molecular flexibility index (Phi) is 3.53. The molecule has 1 N–H and O–H groups in total. The maximum atomic E-state index is 12.1. The highest BCUT2D eigenvalue weighted by Crippen LogP contribution is 2.37. The highest BCUT2D eigenvalue weighted by Gasteiger charge is 2.30. The molecule has 1 atom stereocenters. The van der Waals surface area contributed by atoms with Crippen LogP contribution in [0.1, 0.15) is 30.0 Å². The Morgan fingerprint density at radius 1 is 1.55 bits per heavy atom. The summed E-state index contributed by atoms with van der Waals surface area (Å²) in [7, 11) is 0. The number of aromatic amines is 1. The number of rotatable bonds is 3. The zero-order valence-electron chi connectivity index (χ0n) is 11.1. The van der Waals surface area contributed by atoms with E-state index in [0.29, 0.717) is 0 Å². The van der Waals surface area contributed by atoms with Crippen molar-refractivity contribution in [1.29, 1.82) is 0 Å². The molecule has 20 heavy (non-hydrogen) atoms. The number of hydrogen-bond donors (Lipinski definition) is 1. The highest BCUT2D eigenvalue weighted by molar-refractivity contribution is 6.31. The van der Waals surface area contributed by atoms with Crippen molar-refractivity contribution >= 4 is 28.5 Å². The second-order valence-electron chi connectivity index (χ2n) is 5.07. The van der Waals surface area contributed by atoms with Crippen LogP contribution in [-0.2, 0) is 16.0 Å². The smallest absolute Gasteiger partial charge is 0.315 e. The van der Waals surface area contributed by atoms with Crippen LogP contribution in [-0.4, -0.2) is 17.6 Å². The van der Waals surface area contributed by atoms with Gasteiger partial charge in [-0.2, -0.15) is 0 Å². The van der Waals surface area contributed by atoms with Crippen molar-refractivity contribution in [2.75, 3.05) is 6.61 Å². The van der Waals surface area contributed by atoms with Crippen LogP contribution in [0.25, 0.3) is 10.9 Å². The quantitative estimate of drug-likeness (QED) is 0.686. The standard InChI is InChI=1S/C16H16ClNO2/c1-2-8-20-16(19)12-5-3-4-11-13-9-10(17)6-7-14(13)18-15(11)12/h2,6-7,9,12,18H,1,3-5,8H2. The lowest BCUT2D eigenvalue weighted by molar-refractivity contribution is -0.144. The molecule has 0 aliphatic heterocycles. The first kappa shape index (κ1) is 13.3. The minimum Gasteiger partial charge on any atom is -0.461 e. The number of esters is 1. The van der Waals surface area contributed by atoms with Crippen LogP contribution in [0, 0.1) is 0 Å². The number of carbonyl (C=O) groups is 1. The van der Waals surface area contributed by atoms with Gasteiger partial charge in [0.15, 0.2) is 0 Å². The van der Waals surface area contributed by atoms with E-state index >= 15 is 0 Å². The highest BCUT2D eigenvalue weighted by atomic mass is 35.5. The molecule has 1 aliphatic rings. The van der Waals surface area contributed by atoms with E-state index in [4.69, 9.17) is 16.3 Å². The van der Waals surface area contributed by atoms with Crippen LogP contribution in [0.2, 0.25) is 5.02 Å². The van der Waals surface area contributed by atoms with Crippen LogP contribution in [0.15, 0.2) is 30.9 Å². The third-order valence-corrected chi connectivity index (χ3v) is 4.03. The summed E-state index contributed by atoms with van der Waals surface area (Å²) in [5, 5.41) is 1.84. The molecule has 3 rings (SSSR count). The Bertz CT molecular complexity index is 674. The van der Waals surface area contributed by atoms with Crippen LogP contribution in [0.3, 0.4) is 0 Å². The monoisotopic (exact) mass is 289 g/mol. The van der Waals surface area contributed by atoms with Gasteiger partial charge in [-0.1, -0.05) is 24.3 Å². The lowest BCUT2D eigenvalue weighted by Gasteiger charge is -2.20. The van der Waals surface area contributed by atoms with Gasteiger partial charge in [0.25, 0.3) is 0 Å². The zero-order chi connectivity index (χ0) is 14.1. The van der Waals surface area contributed by atoms with E-state index in [1.165, 1.54) is 5.56 Å². The van der Waals surface area contributed by atoms with E-state index in [1.807, 2.05) is 18.2 Å². The normalized spacial score (nSPS) is 17.8. The fourth-order valence-electron chi connectivity index (χ4n) is 2.91. The third-order valence-electron chi connectivity index (χ3n) is 3.80. The van der Waals surface area contributed by atoms with Gasteiger partial charge in [0.1, 0.15) is 6.61 Å². The number of hydrogen-bond acceptors (Lipinski definition) is 2. The molecule has 0 saturated heterocycles. The van der Waals surface area contributed by atoms with E-state index in [9.17, 15) is 4.79 Å². The Morgan fingerprint density at radius 2 is 2.40 bits per heavy atom. The average molecular weight is 290 g/mol. The molecule has 0 radical (unpaired) electrons. The Labute approximate surface area is 122 Å². The van der Waals surface area contributed by atoms with Crippen LogP contribution < -0.4 is 0 Å². The molecule has 3 nitrogen and oxygen atoms in total. The third kappa shape index (κ3) is 2.22. The van der Waals surface area contributed by atoms with Crippen molar-refractivity contribution in [2.24, 2.45) is 0 Å². The minimum absolute atomic E-state index is 0.177. The van der Waals surface area contributed by atoms with Crippen molar-refractivity contribution in [1.82, 2.24) is 4.98 Å². The number of carbonyl (C=O) groups excluding carboxylic acids is 1. The van der Waals surface area contributed by atoms with Crippen molar-refractivity contribution < 1.29 is 9.53 Å². The first-order chi connectivity index (χ1) is 9.70. The van der Waals surface area contributed by atoms with Crippen molar-refractivity contribution in [3.8, 4) is 0 Å². The van der Waals surface area contributed by atoms with Crippen molar-refractivity contribution in [2.45, 2.75) is 25.2 Å². The SMILES string of the molecule is C=CCOC(=O)C1CCCc2c1[nH]c1ccc(Cl)cc21. The average Bonchev–Trinajstić information content (AvgIpc) is 2.82. The molecular formula is C16H16ClNO2. The lowest BCUT2D eigenvalue weighted by Crippen LogP contribution is -2.20. The van der Waals surface area contributed by atoms with Gasteiger partial charge in [-0.25, -0.2) is 0 Å². The summed E-state index contributed by atoms with van der Waals surface area (Å²) < 4.78 is 5.20. The molecule has 1 aromatic heterocycles. The Hall–Kier alpha value is -1.74. The number of aryl methyl sites for hydroxylation is 1. The van der Waals surface area contributed by atoms with Crippen molar-refractivity contribution in [3.05, 3.63) is 47.1 Å². The van der Waals surface area contributed by atoms with E-state index in [2.05, 4.69) is 11.6 Å². The summed E-state index contributed by atoms with van der Waals surface area (Å²) >= 11 is 6.07. The van der Waals surface area contributed by atoms with E-state index in [1.54, 1.807) is 6.08 Å². The van der Waals surface area contributed by atoms with Gasteiger partial charge in [0.05, 0.1) is 5.92 Å². The van der Waals surface area contributed by atoms with Gasteiger partial charge in [0.2, 0.25) is 0 Å². The molecular weight excluding hydrogens is 274 g/mol. The predicted octanol–water partition coefficient (Wildman–Crippen LogP) is 3.97. The van der Waals surface area contributed by atoms with Gasteiger partial charge in [0, 0.05) is 21.6 Å². The fraction of sp³-hybridized carbons (Fsp3) is 0.312. The molecule has 1 unspecified atom stereocenters. The predicted molar refractivity (Wildman–Crippen MR) is 80.1 cm³/mol. The van der Waals surface area contributed by atoms with Crippen molar-refractivity contribution in [3.63, 3.8) is 0 Å². The number of aromatic nitrogens is 1. The maximum Gasteiger partial charge on any atom is 0.315 e. The first-order valence-electron chi connectivity index (χ1n) is 6.78. The molecule has 2 aromatic rings. The summed E-state index contributed by atoms with van der Waals surface area (Å²) in [5.41, 5.74) is 3.22. The van der Waals surface area contributed by atoms with Gasteiger partial charge >= 0.3 is 5.97 Å². The fourth-order valence-corrected chi connectivity index (χ4v) is 3.08. The Balaban J connectivity index is 2.02. The summed E-state index contributed by atoms with van der Waals surface area (Å²) in [5.74, 6) is -0.381. The van der Waals surface area contributed by atoms with Gasteiger partial charge in [-0.15, -0.1) is 0 Å². The molecule has 0 bridgehead atoms. The largest absolute Gasteiger partial charge is 0.461 e. The molecule has 1 heterocycles. The summed E-state index contributed by atoms with van der Waals surface area (Å²) in [6, 6.07) is 5.78. The number of fused-ring (bicyclic) bond motifs is 3. The molecule has 0 fully saturated rings. The lowest BCUT2D eigenvalue weighted by atomic mass is 9.87.